The molecule has 0 spiro atoms. The molecule has 1 atom stereocenters. The number of nitrogens with zero attached hydrogens (tertiary/aromatic N) is 2. The van der Waals surface area contributed by atoms with E-state index in [4.69, 9.17) is 0 Å². The van der Waals surface area contributed by atoms with Crippen molar-refractivity contribution in [2.24, 2.45) is 5.92 Å². The van der Waals surface area contributed by atoms with E-state index >= 15 is 0 Å². The van der Waals surface area contributed by atoms with Gasteiger partial charge in [-0.25, -0.2) is 0 Å². The smallest absolute Gasteiger partial charge is 0.253 e. The van der Waals surface area contributed by atoms with E-state index in [9.17, 15) is 4.79 Å². The summed E-state index contributed by atoms with van der Waals surface area (Å²) >= 11 is 1.87. The third-order valence-corrected chi connectivity index (χ3v) is 4.96. The number of likely N-dealkylation sites (tertiary alicyclic amines) is 1. The first-order chi connectivity index (χ1) is 10.8. The van der Waals surface area contributed by atoms with Gasteiger partial charge < -0.3 is 4.90 Å². The molecule has 1 aliphatic heterocycles. The van der Waals surface area contributed by atoms with Crippen molar-refractivity contribution >= 4 is 17.7 Å². The average Bonchev–Trinajstić information content (AvgIpc) is 3.09. The van der Waals surface area contributed by atoms with E-state index in [1.165, 1.54) is 6.42 Å². The summed E-state index contributed by atoms with van der Waals surface area (Å²) in [7, 11) is 0. The summed E-state index contributed by atoms with van der Waals surface area (Å²) in [6, 6.07) is 9.70. The predicted molar refractivity (Wildman–Crippen MR) is 91.0 cm³/mol. The summed E-state index contributed by atoms with van der Waals surface area (Å²) in [5.74, 6) is 1.93. The zero-order chi connectivity index (χ0) is 15.4. The third kappa shape index (κ3) is 3.35. The summed E-state index contributed by atoms with van der Waals surface area (Å²) in [6.07, 6.45) is 6.22. The Hall–Kier alpha value is -1.75. The number of rotatable bonds is 4. The predicted octanol–water partition coefficient (Wildman–Crippen LogP) is 3.29. The molecular weight excluding hydrogens is 294 g/mol. The zero-order valence-electron chi connectivity index (χ0n) is 12.8. The molecule has 1 amide bonds. The maximum Gasteiger partial charge on any atom is 0.253 e. The van der Waals surface area contributed by atoms with Gasteiger partial charge in [-0.15, -0.1) is 0 Å². The lowest BCUT2D eigenvalue weighted by Gasteiger charge is -2.32. The molecule has 1 aliphatic rings. The number of thioether (sulfide) groups is 1. The Labute approximate surface area is 135 Å². The topological polar surface area (TPSA) is 49.0 Å². The Morgan fingerprint density at radius 3 is 2.86 bits per heavy atom. The van der Waals surface area contributed by atoms with Gasteiger partial charge in [0.2, 0.25) is 0 Å². The number of hydrogen-bond acceptors (Lipinski definition) is 3. The first kappa shape index (κ1) is 15.2. The molecule has 3 rings (SSSR count). The zero-order valence-corrected chi connectivity index (χ0v) is 13.6. The second-order valence-electron chi connectivity index (χ2n) is 5.76. The molecule has 1 aromatic heterocycles. The van der Waals surface area contributed by atoms with Crippen LogP contribution in [0.3, 0.4) is 0 Å². The van der Waals surface area contributed by atoms with Gasteiger partial charge in [0.15, 0.2) is 0 Å². The summed E-state index contributed by atoms with van der Waals surface area (Å²) in [4.78, 5) is 14.7. The number of piperidine rings is 1. The molecule has 1 N–H and O–H groups in total. The molecule has 4 nitrogen and oxygen atoms in total. The highest BCUT2D eigenvalue weighted by Gasteiger charge is 2.24. The van der Waals surface area contributed by atoms with E-state index in [1.54, 1.807) is 6.20 Å². The Morgan fingerprint density at radius 1 is 1.36 bits per heavy atom. The molecule has 0 radical (unpaired) electrons. The van der Waals surface area contributed by atoms with E-state index < -0.39 is 0 Å². The molecule has 2 heterocycles. The molecule has 2 aromatic rings. The van der Waals surface area contributed by atoms with Gasteiger partial charge in [0.1, 0.15) is 0 Å². The molecule has 0 aliphatic carbocycles. The average molecular weight is 315 g/mol. The SMILES string of the molecule is CSC[C@@H]1CCCN(C(=O)c2ccc(-c3ccn[nH]3)cc2)C1. The van der Waals surface area contributed by atoms with Gasteiger partial charge in [-0.05, 0) is 54.5 Å². The number of benzene rings is 1. The van der Waals surface area contributed by atoms with Gasteiger partial charge in [-0.3, -0.25) is 9.89 Å². The number of aromatic nitrogens is 2. The molecule has 116 valence electrons. The van der Waals surface area contributed by atoms with Crippen molar-refractivity contribution in [3.63, 3.8) is 0 Å². The van der Waals surface area contributed by atoms with E-state index in [0.29, 0.717) is 5.92 Å². The Balaban J connectivity index is 1.69. The van der Waals surface area contributed by atoms with Crippen molar-refractivity contribution in [2.75, 3.05) is 25.1 Å². The first-order valence-electron chi connectivity index (χ1n) is 7.66. The summed E-state index contributed by atoms with van der Waals surface area (Å²) < 4.78 is 0. The van der Waals surface area contributed by atoms with Crippen LogP contribution in [0.1, 0.15) is 23.2 Å². The summed E-state index contributed by atoms with van der Waals surface area (Å²) in [5.41, 5.74) is 2.79. The fourth-order valence-corrected chi connectivity index (χ4v) is 3.76. The number of carbonyl (C=O) groups is 1. The maximum atomic E-state index is 12.6. The second-order valence-corrected chi connectivity index (χ2v) is 6.67. The molecule has 1 saturated heterocycles. The van der Waals surface area contributed by atoms with Crippen LogP contribution in [-0.4, -0.2) is 46.1 Å². The number of amides is 1. The molecule has 0 bridgehead atoms. The van der Waals surface area contributed by atoms with Crippen LogP contribution in [0.4, 0.5) is 0 Å². The molecule has 0 unspecified atom stereocenters. The van der Waals surface area contributed by atoms with Crippen molar-refractivity contribution in [3.8, 4) is 11.3 Å². The fourth-order valence-electron chi connectivity index (χ4n) is 3.01. The lowest BCUT2D eigenvalue weighted by molar-refractivity contribution is 0.0685. The van der Waals surface area contributed by atoms with Gasteiger partial charge in [0.25, 0.3) is 5.91 Å². The monoisotopic (exact) mass is 315 g/mol. The lowest BCUT2D eigenvalue weighted by Crippen LogP contribution is -2.40. The Kier molecular flexibility index (Phi) is 4.83. The Bertz CT molecular complexity index is 607. The number of aromatic amines is 1. The first-order valence-corrected chi connectivity index (χ1v) is 9.05. The number of hydrogen-bond donors (Lipinski definition) is 1. The summed E-state index contributed by atoms with van der Waals surface area (Å²) in [5, 5.41) is 6.89. The number of nitrogens with one attached hydrogen (secondary N) is 1. The minimum Gasteiger partial charge on any atom is -0.338 e. The largest absolute Gasteiger partial charge is 0.338 e. The van der Waals surface area contributed by atoms with Crippen LogP contribution < -0.4 is 0 Å². The van der Waals surface area contributed by atoms with Crippen LogP contribution >= 0.6 is 11.8 Å². The van der Waals surface area contributed by atoms with Crippen molar-refractivity contribution in [2.45, 2.75) is 12.8 Å². The van der Waals surface area contributed by atoms with E-state index in [2.05, 4.69) is 16.5 Å². The van der Waals surface area contributed by atoms with Gasteiger partial charge >= 0.3 is 0 Å². The van der Waals surface area contributed by atoms with Crippen molar-refractivity contribution in [3.05, 3.63) is 42.1 Å². The van der Waals surface area contributed by atoms with Crippen LogP contribution in [0.2, 0.25) is 0 Å². The maximum absolute atomic E-state index is 12.6. The van der Waals surface area contributed by atoms with Crippen LogP contribution in [0.15, 0.2) is 36.5 Å². The van der Waals surface area contributed by atoms with Gasteiger partial charge in [-0.1, -0.05) is 12.1 Å². The number of H-pyrrole nitrogens is 1. The van der Waals surface area contributed by atoms with Crippen LogP contribution in [-0.2, 0) is 0 Å². The van der Waals surface area contributed by atoms with E-state index in [-0.39, 0.29) is 5.91 Å². The highest BCUT2D eigenvalue weighted by molar-refractivity contribution is 7.98. The molecule has 5 heteroatoms. The van der Waals surface area contributed by atoms with Crippen LogP contribution in [0.25, 0.3) is 11.3 Å². The van der Waals surface area contributed by atoms with Crippen LogP contribution in [0, 0.1) is 5.92 Å². The second kappa shape index (κ2) is 7.01. The fraction of sp³-hybridized carbons (Fsp3) is 0.412. The minimum atomic E-state index is 0.155. The standard InChI is InChI=1S/C17H21N3OS/c1-22-12-13-3-2-10-20(11-13)17(21)15-6-4-14(5-7-15)16-8-9-18-19-16/h4-9,13H,2-3,10-12H2,1H3,(H,18,19)/t13-/m1/s1. The molecular formula is C17H21N3OS. The molecule has 1 fully saturated rings. The number of carbonyl (C=O) groups excluding carboxylic acids is 1. The van der Waals surface area contributed by atoms with Crippen molar-refractivity contribution < 1.29 is 4.79 Å². The molecule has 1 aromatic carbocycles. The van der Waals surface area contributed by atoms with Gasteiger partial charge in [0, 0.05) is 24.8 Å². The van der Waals surface area contributed by atoms with Gasteiger partial charge in [-0.2, -0.15) is 16.9 Å². The third-order valence-electron chi connectivity index (χ3n) is 4.15. The quantitative estimate of drug-likeness (QED) is 0.942. The van der Waals surface area contributed by atoms with E-state index in [1.807, 2.05) is 47.0 Å². The van der Waals surface area contributed by atoms with Crippen molar-refractivity contribution in [1.82, 2.24) is 15.1 Å². The van der Waals surface area contributed by atoms with Crippen molar-refractivity contribution in [1.29, 1.82) is 0 Å². The lowest BCUT2D eigenvalue weighted by atomic mass is 9.99. The van der Waals surface area contributed by atoms with Gasteiger partial charge in [0.05, 0.1) is 5.69 Å². The molecule has 22 heavy (non-hydrogen) atoms. The normalized spacial score (nSPS) is 18.4. The highest BCUT2D eigenvalue weighted by atomic mass is 32.2. The molecule has 0 saturated carbocycles. The summed E-state index contributed by atoms with van der Waals surface area (Å²) in [6.45, 7) is 1.77. The van der Waals surface area contributed by atoms with E-state index in [0.717, 1.165) is 42.1 Å². The highest BCUT2D eigenvalue weighted by Crippen LogP contribution is 2.22. The minimum absolute atomic E-state index is 0.155. The van der Waals surface area contributed by atoms with Crippen LogP contribution in [0.5, 0.6) is 0 Å². The Morgan fingerprint density at radius 2 is 2.18 bits per heavy atom.